The number of benzene rings is 2. The maximum Gasteiger partial charge on any atom is 0.260 e. The molecule has 0 bridgehead atoms. The zero-order valence-electron chi connectivity index (χ0n) is 23.8. The Hall–Kier alpha value is -2.28. The van der Waals surface area contributed by atoms with Crippen LogP contribution < -0.4 is 9.64 Å². The Morgan fingerprint density at radius 2 is 1.78 bits per heavy atom. The van der Waals surface area contributed by atoms with Crippen LogP contribution in [0.15, 0.2) is 47.4 Å². The Morgan fingerprint density at radius 1 is 1.10 bits per heavy atom. The van der Waals surface area contributed by atoms with E-state index in [2.05, 4.69) is 18.7 Å². The Morgan fingerprint density at radius 3 is 2.44 bits per heavy atom. The van der Waals surface area contributed by atoms with Crippen molar-refractivity contribution in [2.45, 2.75) is 31.6 Å². The highest BCUT2D eigenvalue weighted by molar-refractivity contribution is 7.89. The first kappa shape index (κ1) is 31.7. The number of hydrogen-bond acceptors (Lipinski definition) is 8. The van der Waals surface area contributed by atoms with Crippen LogP contribution in [0.1, 0.15) is 37.0 Å². The third-order valence-corrected chi connectivity index (χ3v) is 10.5. The van der Waals surface area contributed by atoms with Crippen LogP contribution in [0.4, 0.5) is 5.13 Å². The van der Waals surface area contributed by atoms with E-state index in [4.69, 9.17) is 14.5 Å². The highest BCUT2D eigenvalue weighted by Crippen LogP contribution is 2.32. The Kier molecular flexibility index (Phi) is 10.6. The summed E-state index contributed by atoms with van der Waals surface area (Å²) >= 11 is 1.46. The van der Waals surface area contributed by atoms with E-state index in [1.165, 1.54) is 11.3 Å². The predicted molar refractivity (Wildman–Crippen MR) is 165 cm³/mol. The molecule has 2 fully saturated rings. The molecule has 2 atom stereocenters. The quantitative estimate of drug-likeness (QED) is 0.340. The smallest absolute Gasteiger partial charge is 0.260 e. The van der Waals surface area contributed by atoms with E-state index in [9.17, 15) is 13.2 Å². The normalized spacial score (nSPS) is 20.5. The van der Waals surface area contributed by atoms with E-state index in [-0.39, 0.29) is 23.2 Å². The van der Waals surface area contributed by atoms with Crippen molar-refractivity contribution in [3.63, 3.8) is 0 Å². The molecule has 2 aromatic carbocycles. The summed E-state index contributed by atoms with van der Waals surface area (Å²) in [4.78, 5) is 22.9. The van der Waals surface area contributed by atoms with Crippen LogP contribution in [-0.4, -0.2) is 88.1 Å². The SMILES string of the molecule is COc1ccc2sc(N(CCCN3CCOCC3)C(=O)c3ccc(S(=O)(=O)N4CC(C)CC(C)C4)cc3)nc2c1.Cl. The van der Waals surface area contributed by atoms with Crippen molar-refractivity contribution >= 4 is 55.0 Å². The summed E-state index contributed by atoms with van der Waals surface area (Å²) < 4.78 is 40.1. The molecule has 2 saturated heterocycles. The fourth-order valence-electron chi connectivity index (χ4n) is 5.58. The van der Waals surface area contributed by atoms with Gasteiger partial charge in [0.1, 0.15) is 5.75 Å². The molecule has 0 spiro atoms. The van der Waals surface area contributed by atoms with Crippen molar-refractivity contribution < 1.29 is 22.7 Å². The van der Waals surface area contributed by atoms with E-state index >= 15 is 0 Å². The summed E-state index contributed by atoms with van der Waals surface area (Å²) in [6.07, 6.45) is 1.81. The van der Waals surface area contributed by atoms with E-state index < -0.39 is 10.0 Å². The van der Waals surface area contributed by atoms with Crippen molar-refractivity contribution in [3.8, 4) is 5.75 Å². The number of thiazole rings is 1. The molecule has 41 heavy (non-hydrogen) atoms. The number of halogens is 1. The third kappa shape index (κ3) is 7.39. The number of morpholine rings is 1. The lowest BCUT2D eigenvalue weighted by Crippen LogP contribution is -2.42. The number of hydrogen-bond donors (Lipinski definition) is 0. The molecule has 9 nitrogen and oxygen atoms in total. The number of piperidine rings is 1. The molecule has 5 rings (SSSR count). The summed E-state index contributed by atoms with van der Waals surface area (Å²) in [6.45, 7) is 9.81. The summed E-state index contributed by atoms with van der Waals surface area (Å²) in [6, 6.07) is 12.1. The van der Waals surface area contributed by atoms with Crippen LogP contribution in [0.2, 0.25) is 0 Å². The average molecular weight is 623 g/mol. The molecule has 3 heterocycles. The average Bonchev–Trinajstić information content (AvgIpc) is 3.38. The molecule has 2 aliphatic heterocycles. The number of rotatable bonds is 9. The van der Waals surface area contributed by atoms with Crippen molar-refractivity contribution in [1.29, 1.82) is 0 Å². The van der Waals surface area contributed by atoms with Crippen LogP contribution in [0.3, 0.4) is 0 Å². The lowest BCUT2D eigenvalue weighted by atomic mass is 9.94. The first-order chi connectivity index (χ1) is 19.2. The summed E-state index contributed by atoms with van der Waals surface area (Å²) in [5.74, 6) is 1.15. The van der Waals surface area contributed by atoms with Gasteiger partial charge in [-0.15, -0.1) is 12.4 Å². The number of carbonyl (C=O) groups excluding carboxylic acids is 1. The van der Waals surface area contributed by atoms with Crippen molar-refractivity contribution in [1.82, 2.24) is 14.2 Å². The van der Waals surface area contributed by atoms with Gasteiger partial charge in [0.15, 0.2) is 5.13 Å². The van der Waals surface area contributed by atoms with Gasteiger partial charge in [-0.1, -0.05) is 25.2 Å². The van der Waals surface area contributed by atoms with Gasteiger partial charge in [0.2, 0.25) is 10.0 Å². The number of carbonyl (C=O) groups is 1. The Labute approximate surface area is 252 Å². The molecule has 1 amide bonds. The highest BCUT2D eigenvalue weighted by Gasteiger charge is 2.32. The molecule has 0 N–H and O–H groups in total. The molecule has 0 saturated carbocycles. The Bertz CT molecular complexity index is 1420. The van der Waals surface area contributed by atoms with Crippen LogP contribution in [0, 0.1) is 11.8 Å². The van der Waals surface area contributed by atoms with Crippen LogP contribution in [0.25, 0.3) is 10.2 Å². The minimum absolute atomic E-state index is 0. The van der Waals surface area contributed by atoms with Gasteiger partial charge in [-0.3, -0.25) is 14.6 Å². The maximum absolute atomic E-state index is 13.9. The van der Waals surface area contributed by atoms with Crippen LogP contribution >= 0.6 is 23.7 Å². The number of anilines is 1. The summed E-state index contributed by atoms with van der Waals surface area (Å²) in [7, 11) is -2.01. The second-order valence-corrected chi connectivity index (χ2v) is 13.8. The minimum atomic E-state index is -3.62. The fourth-order valence-corrected chi connectivity index (χ4v) is 8.23. The zero-order chi connectivity index (χ0) is 28.3. The number of amides is 1. The number of ether oxygens (including phenoxy) is 2. The van der Waals surface area contributed by atoms with Crippen molar-refractivity contribution in [2.75, 3.05) is 64.5 Å². The first-order valence-electron chi connectivity index (χ1n) is 13.9. The molecule has 0 radical (unpaired) electrons. The van der Waals surface area contributed by atoms with Crippen molar-refractivity contribution in [3.05, 3.63) is 48.0 Å². The highest BCUT2D eigenvalue weighted by atomic mass is 35.5. The molecule has 2 aliphatic rings. The molecular formula is C29H39ClN4O5S2. The largest absolute Gasteiger partial charge is 0.497 e. The predicted octanol–water partition coefficient (Wildman–Crippen LogP) is 4.76. The molecule has 3 aromatic rings. The second kappa shape index (κ2) is 13.8. The fraction of sp³-hybridized carbons (Fsp3) is 0.517. The van der Waals surface area contributed by atoms with Gasteiger partial charge in [-0.2, -0.15) is 4.31 Å². The molecule has 0 aliphatic carbocycles. The van der Waals surface area contributed by atoms with Gasteiger partial charge in [0.05, 0.1) is 35.4 Å². The molecular weight excluding hydrogens is 584 g/mol. The summed E-state index contributed by atoms with van der Waals surface area (Å²) in [5, 5.41) is 0.614. The third-order valence-electron chi connectivity index (χ3n) is 7.59. The van der Waals surface area contributed by atoms with E-state index in [0.717, 1.165) is 55.9 Å². The van der Waals surface area contributed by atoms with Gasteiger partial charge in [-0.25, -0.2) is 13.4 Å². The van der Waals surface area contributed by atoms with Gasteiger partial charge in [-0.05, 0) is 61.1 Å². The zero-order valence-corrected chi connectivity index (χ0v) is 26.3. The number of sulfonamides is 1. The van der Waals surface area contributed by atoms with Gasteiger partial charge >= 0.3 is 0 Å². The van der Waals surface area contributed by atoms with Crippen LogP contribution in [-0.2, 0) is 14.8 Å². The topological polar surface area (TPSA) is 92.3 Å². The standard InChI is InChI=1S/C29H38N4O5S2.ClH/c1-21-17-22(2)20-32(19-21)40(35,36)25-8-5-23(6-9-25)28(34)33(12-4-11-31-13-15-38-16-14-31)29-30-26-18-24(37-3)7-10-27(26)39-29;/h5-10,18,21-22H,4,11-17,19-20H2,1-3H3;1H. The van der Waals surface area contributed by atoms with Crippen molar-refractivity contribution in [2.24, 2.45) is 11.8 Å². The molecule has 2 unspecified atom stereocenters. The lowest BCUT2D eigenvalue weighted by Gasteiger charge is -2.34. The monoisotopic (exact) mass is 622 g/mol. The van der Waals surface area contributed by atoms with E-state index in [1.807, 2.05) is 18.2 Å². The molecule has 224 valence electrons. The van der Waals surface area contributed by atoms with Gasteiger partial charge in [0.25, 0.3) is 5.91 Å². The first-order valence-corrected chi connectivity index (χ1v) is 16.2. The molecule has 1 aromatic heterocycles. The lowest BCUT2D eigenvalue weighted by molar-refractivity contribution is 0.0376. The number of methoxy groups -OCH3 is 1. The maximum atomic E-state index is 13.9. The second-order valence-electron chi connectivity index (χ2n) is 10.9. The number of aromatic nitrogens is 1. The number of nitrogens with zero attached hydrogens (tertiary/aromatic N) is 4. The summed E-state index contributed by atoms with van der Waals surface area (Å²) in [5.41, 5.74) is 1.21. The van der Waals surface area contributed by atoms with Gasteiger partial charge in [0, 0.05) is 50.9 Å². The minimum Gasteiger partial charge on any atom is -0.497 e. The Balaban J connectivity index is 0.00000387. The van der Waals surface area contributed by atoms with E-state index in [0.29, 0.717) is 47.9 Å². The van der Waals surface area contributed by atoms with E-state index in [1.54, 1.807) is 40.6 Å². The number of fused-ring (bicyclic) bond motifs is 1. The van der Waals surface area contributed by atoms with Gasteiger partial charge < -0.3 is 9.47 Å². The molecule has 12 heteroatoms. The van der Waals surface area contributed by atoms with Crippen LogP contribution in [0.5, 0.6) is 5.75 Å².